The second kappa shape index (κ2) is 5.56. The minimum absolute atomic E-state index is 0.372. The first kappa shape index (κ1) is 13.1. The van der Waals surface area contributed by atoms with Gasteiger partial charge >= 0.3 is 11.9 Å². The summed E-state index contributed by atoms with van der Waals surface area (Å²) in [5.74, 6) is -1.21. The van der Waals surface area contributed by atoms with Crippen molar-refractivity contribution in [1.29, 1.82) is 0 Å². The summed E-state index contributed by atoms with van der Waals surface area (Å²) in [6, 6.07) is 9.04. The fourth-order valence-electron chi connectivity index (χ4n) is 1.87. The molecular formula is C14H14O5. The van der Waals surface area contributed by atoms with E-state index in [1.54, 1.807) is 18.2 Å². The number of benzene rings is 1. The fraction of sp³-hybridized carbons (Fsp3) is 0.286. The Kier molecular flexibility index (Phi) is 3.85. The monoisotopic (exact) mass is 262 g/mol. The van der Waals surface area contributed by atoms with E-state index in [-0.39, 0.29) is 0 Å². The summed E-state index contributed by atoms with van der Waals surface area (Å²) in [6.07, 6.45) is 3.58. The molecule has 19 heavy (non-hydrogen) atoms. The van der Waals surface area contributed by atoms with Crippen molar-refractivity contribution in [3.05, 3.63) is 48.2 Å². The standard InChI is InChI=1S/C14H14O5/c1-17-12(15)10-18-13(16)14(8-5-9-19-14)11-6-3-2-4-7-11/h2-7,9H,8,10H2,1H3. The molecular weight excluding hydrogens is 248 g/mol. The molecule has 0 bridgehead atoms. The number of esters is 2. The molecule has 1 aromatic carbocycles. The summed E-state index contributed by atoms with van der Waals surface area (Å²) in [5, 5.41) is 0. The molecule has 0 amide bonds. The Morgan fingerprint density at radius 1 is 1.32 bits per heavy atom. The maximum atomic E-state index is 12.2. The van der Waals surface area contributed by atoms with E-state index in [0.29, 0.717) is 12.0 Å². The highest BCUT2D eigenvalue weighted by atomic mass is 16.6. The molecule has 1 unspecified atom stereocenters. The van der Waals surface area contributed by atoms with Crippen LogP contribution < -0.4 is 0 Å². The van der Waals surface area contributed by atoms with Gasteiger partial charge in [0.25, 0.3) is 0 Å². The number of methoxy groups -OCH3 is 1. The van der Waals surface area contributed by atoms with E-state index >= 15 is 0 Å². The quantitative estimate of drug-likeness (QED) is 0.770. The average molecular weight is 262 g/mol. The summed E-state index contributed by atoms with van der Waals surface area (Å²) in [6.45, 7) is -0.423. The van der Waals surface area contributed by atoms with Crippen molar-refractivity contribution in [1.82, 2.24) is 0 Å². The van der Waals surface area contributed by atoms with Crippen molar-refractivity contribution in [2.45, 2.75) is 12.0 Å². The third kappa shape index (κ3) is 2.59. The predicted octanol–water partition coefficient (Wildman–Crippen LogP) is 1.53. The molecule has 0 fully saturated rings. The van der Waals surface area contributed by atoms with Crippen LogP contribution in [0.25, 0.3) is 0 Å². The van der Waals surface area contributed by atoms with E-state index in [4.69, 9.17) is 9.47 Å². The van der Waals surface area contributed by atoms with Gasteiger partial charge in [0, 0.05) is 12.0 Å². The molecule has 0 aliphatic carbocycles. The van der Waals surface area contributed by atoms with Crippen LogP contribution in [0.1, 0.15) is 12.0 Å². The van der Waals surface area contributed by atoms with Crippen LogP contribution in [-0.2, 0) is 29.4 Å². The number of hydrogen-bond donors (Lipinski definition) is 0. The molecule has 1 aromatic rings. The maximum absolute atomic E-state index is 12.2. The first-order valence-electron chi connectivity index (χ1n) is 5.81. The minimum atomic E-state index is -1.20. The van der Waals surface area contributed by atoms with Crippen LogP contribution in [0.4, 0.5) is 0 Å². The van der Waals surface area contributed by atoms with Crippen LogP contribution in [0.15, 0.2) is 42.7 Å². The molecule has 0 radical (unpaired) electrons. The Bertz CT molecular complexity index is 484. The first-order valence-corrected chi connectivity index (χ1v) is 5.81. The van der Waals surface area contributed by atoms with E-state index in [1.165, 1.54) is 13.4 Å². The highest BCUT2D eigenvalue weighted by Crippen LogP contribution is 2.35. The molecule has 0 spiro atoms. The molecule has 1 atom stereocenters. The van der Waals surface area contributed by atoms with Crippen molar-refractivity contribution in [3.8, 4) is 0 Å². The zero-order valence-electron chi connectivity index (χ0n) is 10.5. The summed E-state index contributed by atoms with van der Waals surface area (Å²) < 4.78 is 14.8. The number of carbonyl (C=O) groups excluding carboxylic acids is 2. The molecule has 5 nitrogen and oxygen atoms in total. The summed E-state index contributed by atoms with van der Waals surface area (Å²) >= 11 is 0. The zero-order valence-corrected chi connectivity index (χ0v) is 10.5. The van der Waals surface area contributed by atoms with Gasteiger partial charge in [-0.3, -0.25) is 0 Å². The van der Waals surface area contributed by atoms with Gasteiger partial charge in [0.1, 0.15) is 0 Å². The van der Waals surface area contributed by atoms with Gasteiger partial charge in [-0.2, -0.15) is 0 Å². The highest BCUT2D eigenvalue weighted by molar-refractivity contribution is 5.84. The van der Waals surface area contributed by atoms with Crippen LogP contribution in [0.3, 0.4) is 0 Å². The van der Waals surface area contributed by atoms with Crippen molar-refractivity contribution in [2.24, 2.45) is 0 Å². The predicted molar refractivity (Wildman–Crippen MR) is 65.9 cm³/mol. The van der Waals surface area contributed by atoms with Gasteiger partial charge < -0.3 is 14.2 Å². The lowest BCUT2D eigenvalue weighted by atomic mass is 9.91. The molecule has 100 valence electrons. The molecule has 1 heterocycles. The molecule has 0 aromatic heterocycles. The van der Waals surface area contributed by atoms with Gasteiger partial charge in [0.2, 0.25) is 5.60 Å². The lowest BCUT2D eigenvalue weighted by Gasteiger charge is -2.26. The maximum Gasteiger partial charge on any atom is 0.356 e. The van der Waals surface area contributed by atoms with Crippen molar-refractivity contribution < 1.29 is 23.8 Å². The average Bonchev–Trinajstić information content (AvgIpc) is 2.96. The summed E-state index contributed by atoms with van der Waals surface area (Å²) in [4.78, 5) is 23.2. The van der Waals surface area contributed by atoms with Gasteiger partial charge in [0.05, 0.1) is 13.4 Å². The molecule has 5 heteroatoms. The van der Waals surface area contributed by atoms with Gasteiger partial charge in [-0.1, -0.05) is 30.3 Å². The Morgan fingerprint density at radius 3 is 2.63 bits per heavy atom. The van der Waals surface area contributed by atoms with Gasteiger partial charge in [-0.25, -0.2) is 9.59 Å². The van der Waals surface area contributed by atoms with Gasteiger partial charge in [-0.05, 0) is 6.08 Å². The highest BCUT2D eigenvalue weighted by Gasteiger charge is 2.45. The van der Waals surface area contributed by atoms with Gasteiger partial charge in [-0.15, -0.1) is 0 Å². The Hall–Kier alpha value is -2.30. The molecule has 1 aliphatic heterocycles. The van der Waals surface area contributed by atoms with Crippen LogP contribution in [0.2, 0.25) is 0 Å². The largest absolute Gasteiger partial charge is 0.478 e. The molecule has 2 rings (SSSR count). The third-order valence-electron chi connectivity index (χ3n) is 2.89. The Balaban J connectivity index is 2.16. The van der Waals surface area contributed by atoms with E-state index in [0.717, 1.165) is 0 Å². The van der Waals surface area contributed by atoms with Crippen LogP contribution in [0, 0.1) is 0 Å². The number of carbonyl (C=O) groups is 2. The zero-order chi connectivity index (χ0) is 13.7. The first-order chi connectivity index (χ1) is 9.19. The van der Waals surface area contributed by atoms with Crippen molar-refractivity contribution >= 4 is 11.9 Å². The van der Waals surface area contributed by atoms with E-state index < -0.39 is 24.1 Å². The second-order valence-electron chi connectivity index (χ2n) is 4.04. The fourth-order valence-corrected chi connectivity index (χ4v) is 1.87. The van der Waals surface area contributed by atoms with E-state index in [9.17, 15) is 9.59 Å². The van der Waals surface area contributed by atoms with Crippen molar-refractivity contribution in [2.75, 3.05) is 13.7 Å². The molecule has 0 saturated carbocycles. The number of rotatable bonds is 4. The Labute approximate surface area is 110 Å². The smallest absolute Gasteiger partial charge is 0.356 e. The normalized spacial score (nSPS) is 20.7. The van der Waals surface area contributed by atoms with Crippen LogP contribution in [0.5, 0.6) is 0 Å². The van der Waals surface area contributed by atoms with Crippen molar-refractivity contribution in [3.63, 3.8) is 0 Å². The topological polar surface area (TPSA) is 61.8 Å². The third-order valence-corrected chi connectivity index (χ3v) is 2.89. The SMILES string of the molecule is COC(=O)COC(=O)C1(c2ccccc2)CC=CO1. The van der Waals surface area contributed by atoms with E-state index in [2.05, 4.69) is 4.74 Å². The van der Waals surface area contributed by atoms with E-state index in [1.807, 2.05) is 18.2 Å². The lowest BCUT2D eigenvalue weighted by Crippen LogP contribution is -2.37. The number of ether oxygens (including phenoxy) is 3. The van der Waals surface area contributed by atoms with Gasteiger partial charge in [0.15, 0.2) is 6.61 Å². The van der Waals surface area contributed by atoms with Crippen LogP contribution in [-0.4, -0.2) is 25.7 Å². The number of hydrogen-bond acceptors (Lipinski definition) is 5. The molecule has 0 N–H and O–H groups in total. The second-order valence-corrected chi connectivity index (χ2v) is 4.04. The summed E-state index contributed by atoms with van der Waals surface area (Å²) in [7, 11) is 1.23. The van der Waals surface area contributed by atoms with Crippen LogP contribution >= 0.6 is 0 Å². The molecule has 0 saturated heterocycles. The summed E-state index contributed by atoms with van der Waals surface area (Å²) in [5.41, 5.74) is -0.509. The molecule has 1 aliphatic rings. The Morgan fingerprint density at radius 2 is 2.05 bits per heavy atom. The lowest BCUT2D eigenvalue weighted by molar-refractivity contribution is -0.171. The minimum Gasteiger partial charge on any atom is -0.478 e.